The number of carbonyl (C=O) groups is 1. The molecule has 5 rings (SSSR count). The van der Waals surface area contributed by atoms with E-state index in [0.717, 1.165) is 72.2 Å². The summed E-state index contributed by atoms with van der Waals surface area (Å²) in [6, 6.07) is 17.4. The molecule has 0 unspecified atom stereocenters. The summed E-state index contributed by atoms with van der Waals surface area (Å²) in [4.78, 5) is 22.1. The number of amides is 1. The predicted octanol–water partition coefficient (Wildman–Crippen LogP) is 5.48. The van der Waals surface area contributed by atoms with Gasteiger partial charge in [0.15, 0.2) is 0 Å². The van der Waals surface area contributed by atoms with E-state index in [1.165, 1.54) is 0 Å². The number of hydrogen-bond donors (Lipinski definition) is 1. The first-order valence-corrected chi connectivity index (χ1v) is 12.8. The Morgan fingerprint density at radius 3 is 2.05 bits per heavy atom. The van der Waals surface area contributed by atoms with E-state index in [9.17, 15) is 18.0 Å². The van der Waals surface area contributed by atoms with Crippen LogP contribution in [0.5, 0.6) is 0 Å². The zero-order valence-electron chi connectivity index (χ0n) is 21.4. The molecule has 0 atom stereocenters. The van der Waals surface area contributed by atoms with E-state index in [0.29, 0.717) is 18.7 Å². The molecular weight excluding hydrogens is 491 g/mol. The second-order valence-electron chi connectivity index (χ2n) is 9.51. The van der Waals surface area contributed by atoms with Gasteiger partial charge in [-0.15, -0.1) is 0 Å². The van der Waals surface area contributed by atoms with Crippen molar-refractivity contribution < 1.29 is 18.0 Å². The number of benzene rings is 2. The lowest BCUT2D eigenvalue weighted by Gasteiger charge is -2.37. The van der Waals surface area contributed by atoms with E-state index in [4.69, 9.17) is 0 Å². The Morgan fingerprint density at radius 2 is 1.50 bits per heavy atom. The highest BCUT2D eigenvalue weighted by Crippen LogP contribution is 2.31. The average molecular weight is 522 g/mol. The number of nitrogens with one attached hydrogen (secondary N) is 1. The molecule has 38 heavy (non-hydrogen) atoms. The second-order valence-corrected chi connectivity index (χ2v) is 9.51. The number of nitrogens with zero attached hydrogens (tertiary/aromatic N) is 4. The maximum Gasteiger partial charge on any atom is 0.416 e. The molecule has 4 aromatic rings. The lowest BCUT2D eigenvalue weighted by Crippen LogP contribution is -2.46. The number of alkyl halides is 3. The maximum absolute atomic E-state index is 13.1. The lowest BCUT2D eigenvalue weighted by atomic mass is 10.1. The van der Waals surface area contributed by atoms with Crippen LogP contribution in [0.4, 0.5) is 24.5 Å². The van der Waals surface area contributed by atoms with E-state index >= 15 is 0 Å². The molecule has 2 aromatic heterocycles. The molecule has 9 heteroatoms. The number of aromatic nitrogens is 2. The number of aryl methyl sites for hydroxylation is 2. The number of imidazole rings is 1. The van der Waals surface area contributed by atoms with E-state index in [1.54, 1.807) is 12.1 Å². The van der Waals surface area contributed by atoms with Crippen LogP contribution in [-0.4, -0.2) is 41.5 Å². The fourth-order valence-corrected chi connectivity index (χ4v) is 4.91. The Balaban J connectivity index is 1.18. The van der Waals surface area contributed by atoms with Gasteiger partial charge in [0.05, 0.1) is 11.3 Å². The van der Waals surface area contributed by atoms with Crippen molar-refractivity contribution >= 4 is 22.9 Å². The molecule has 0 spiro atoms. The van der Waals surface area contributed by atoms with E-state index in [-0.39, 0.29) is 5.91 Å². The topological polar surface area (TPSA) is 52.9 Å². The molecule has 0 saturated carbocycles. The molecule has 0 aliphatic carbocycles. The molecule has 1 amide bonds. The zero-order valence-corrected chi connectivity index (χ0v) is 21.4. The Morgan fingerprint density at radius 1 is 0.921 bits per heavy atom. The van der Waals surface area contributed by atoms with Crippen LogP contribution in [0.25, 0.3) is 5.65 Å². The Labute approximate surface area is 219 Å². The minimum absolute atomic E-state index is 0.150. The van der Waals surface area contributed by atoms with Gasteiger partial charge < -0.3 is 15.1 Å². The van der Waals surface area contributed by atoms with Crippen LogP contribution in [0, 0.1) is 6.92 Å². The van der Waals surface area contributed by atoms with E-state index in [1.807, 2.05) is 60.8 Å². The number of halogens is 3. The highest BCUT2D eigenvalue weighted by atomic mass is 19.4. The van der Waals surface area contributed by atoms with Gasteiger partial charge in [-0.2, -0.15) is 13.2 Å². The number of piperazine rings is 1. The highest BCUT2D eigenvalue weighted by Gasteiger charge is 2.30. The molecule has 0 bridgehead atoms. The summed E-state index contributed by atoms with van der Waals surface area (Å²) in [6.07, 6.45) is -1.78. The maximum atomic E-state index is 13.1. The minimum atomic E-state index is -4.32. The first kappa shape index (κ1) is 25.6. The van der Waals surface area contributed by atoms with Gasteiger partial charge >= 0.3 is 6.18 Å². The molecule has 1 aliphatic heterocycles. The van der Waals surface area contributed by atoms with Gasteiger partial charge in [0.2, 0.25) is 0 Å². The first-order valence-electron chi connectivity index (χ1n) is 12.8. The highest BCUT2D eigenvalue weighted by molar-refractivity contribution is 5.94. The van der Waals surface area contributed by atoms with Crippen molar-refractivity contribution in [1.29, 1.82) is 0 Å². The second kappa shape index (κ2) is 10.4. The van der Waals surface area contributed by atoms with Gasteiger partial charge in [-0.3, -0.25) is 9.20 Å². The summed E-state index contributed by atoms with van der Waals surface area (Å²) in [5.41, 5.74) is 5.43. The molecule has 3 heterocycles. The zero-order chi connectivity index (χ0) is 26.9. The minimum Gasteiger partial charge on any atom is -0.368 e. The van der Waals surface area contributed by atoms with E-state index in [2.05, 4.69) is 20.1 Å². The largest absolute Gasteiger partial charge is 0.416 e. The van der Waals surface area contributed by atoms with Crippen LogP contribution in [0.2, 0.25) is 0 Å². The quantitative estimate of drug-likeness (QED) is 0.365. The molecule has 1 aliphatic rings. The number of carbonyl (C=O) groups excluding carboxylic acids is 1. The Kier molecular flexibility index (Phi) is 7.01. The smallest absolute Gasteiger partial charge is 0.368 e. The third kappa shape index (κ3) is 5.18. The summed E-state index contributed by atoms with van der Waals surface area (Å²) in [5, 5.41) is 3.03. The normalized spacial score (nSPS) is 14.2. The van der Waals surface area contributed by atoms with Gasteiger partial charge in [0, 0.05) is 50.3 Å². The molecular formula is C29H30F3N5O. The number of fused-ring (bicyclic) bond motifs is 1. The fraction of sp³-hybridized carbons (Fsp3) is 0.310. The van der Waals surface area contributed by atoms with Crippen LogP contribution in [0.3, 0.4) is 0 Å². The molecule has 6 nitrogen and oxygen atoms in total. The molecule has 1 N–H and O–H groups in total. The van der Waals surface area contributed by atoms with Crippen molar-refractivity contribution in [2.75, 3.05) is 36.0 Å². The van der Waals surface area contributed by atoms with Gasteiger partial charge in [0.1, 0.15) is 11.3 Å². The van der Waals surface area contributed by atoms with Crippen molar-refractivity contribution in [1.82, 2.24) is 14.7 Å². The fourth-order valence-electron chi connectivity index (χ4n) is 4.91. The van der Waals surface area contributed by atoms with Gasteiger partial charge in [0.25, 0.3) is 5.91 Å². The Hall–Kier alpha value is -4.01. The van der Waals surface area contributed by atoms with Gasteiger partial charge in [-0.1, -0.05) is 25.1 Å². The lowest BCUT2D eigenvalue weighted by molar-refractivity contribution is -0.137. The van der Waals surface area contributed by atoms with Crippen molar-refractivity contribution in [2.24, 2.45) is 0 Å². The number of hydrogen-bond acceptors (Lipinski definition) is 4. The number of pyridine rings is 1. The van der Waals surface area contributed by atoms with Crippen LogP contribution >= 0.6 is 0 Å². The summed E-state index contributed by atoms with van der Waals surface area (Å²) >= 11 is 0. The SMILES string of the molecule is CCc1nc2c(C)cccn2c1C(=O)NCc1ccc(N2CCN(c3ccc(C(F)(F)F)cc3)CC2)cc1. The third-order valence-electron chi connectivity index (χ3n) is 7.06. The van der Waals surface area contributed by atoms with Crippen molar-refractivity contribution in [3.05, 3.63) is 94.9 Å². The number of rotatable bonds is 6. The van der Waals surface area contributed by atoms with Crippen LogP contribution in [0.15, 0.2) is 66.9 Å². The van der Waals surface area contributed by atoms with Crippen molar-refractivity contribution in [2.45, 2.75) is 33.0 Å². The summed E-state index contributed by atoms with van der Waals surface area (Å²) in [5.74, 6) is -0.150. The third-order valence-corrected chi connectivity index (χ3v) is 7.06. The average Bonchev–Trinajstić information content (AvgIpc) is 3.32. The van der Waals surface area contributed by atoms with Crippen molar-refractivity contribution in [3.8, 4) is 0 Å². The number of anilines is 2. The van der Waals surface area contributed by atoms with Crippen LogP contribution < -0.4 is 15.1 Å². The van der Waals surface area contributed by atoms with Crippen LogP contribution in [0.1, 0.15) is 39.8 Å². The summed E-state index contributed by atoms with van der Waals surface area (Å²) in [7, 11) is 0. The molecule has 1 saturated heterocycles. The van der Waals surface area contributed by atoms with Crippen molar-refractivity contribution in [3.63, 3.8) is 0 Å². The van der Waals surface area contributed by atoms with Gasteiger partial charge in [-0.05, 0) is 66.9 Å². The van der Waals surface area contributed by atoms with Crippen LogP contribution in [-0.2, 0) is 19.1 Å². The van der Waals surface area contributed by atoms with Gasteiger partial charge in [-0.25, -0.2) is 4.98 Å². The molecule has 2 aromatic carbocycles. The Bertz CT molecular complexity index is 1420. The summed E-state index contributed by atoms with van der Waals surface area (Å²) < 4.78 is 40.4. The monoisotopic (exact) mass is 521 g/mol. The first-order chi connectivity index (χ1) is 18.2. The molecule has 198 valence electrons. The summed E-state index contributed by atoms with van der Waals surface area (Å²) in [6.45, 7) is 7.37. The molecule has 1 fully saturated rings. The standard InChI is InChI=1S/C29H30F3N5O/c1-3-25-26(37-14-4-5-20(2)27(37)34-25)28(38)33-19-21-6-10-23(11-7-21)35-15-17-36(18-16-35)24-12-8-22(9-13-24)29(30,31)32/h4-14H,3,15-19H2,1-2H3,(H,33,38). The molecule has 0 radical (unpaired) electrons. The predicted molar refractivity (Wildman–Crippen MR) is 143 cm³/mol. The van der Waals surface area contributed by atoms with E-state index < -0.39 is 11.7 Å².